The van der Waals surface area contributed by atoms with Crippen LogP contribution in [0, 0.1) is 0 Å². The highest BCUT2D eigenvalue weighted by atomic mass is 16.5. The van der Waals surface area contributed by atoms with Crippen molar-refractivity contribution in [2.75, 3.05) is 20.3 Å². The average molecular weight is 341 g/mol. The van der Waals surface area contributed by atoms with Gasteiger partial charge in [0.05, 0.1) is 19.4 Å². The highest BCUT2D eigenvalue weighted by Crippen LogP contribution is 2.37. The second-order valence-electron chi connectivity index (χ2n) is 6.35. The highest BCUT2D eigenvalue weighted by molar-refractivity contribution is 6.45. The molecule has 132 valence electrons. The molecule has 1 aromatic carbocycles. The molecule has 25 heavy (non-hydrogen) atoms. The SMILES string of the molecule is CCCOc1cc(-c2cccc(C3COB(O)[C@@H]3C)n2)ccc1OC. The first kappa shape index (κ1) is 17.8. The maximum atomic E-state index is 9.81. The highest BCUT2D eigenvalue weighted by Gasteiger charge is 2.39. The second-order valence-corrected chi connectivity index (χ2v) is 6.35. The molecule has 1 aliphatic heterocycles. The molecule has 3 rings (SSSR count). The Morgan fingerprint density at radius 2 is 2.12 bits per heavy atom. The molecule has 6 heteroatoms. The van der Waals surface area contributed by atoms with E-state index >= 15 is 0 Å². The van der Waals surface area contributed by atoms with E-state index in [1.165, 1.54) is 0 Å². The molecule has 0 spiro atoms. The molecule has 0 bridgehead atoms. The topological polar surface area (TPSA) is 60.8 Å². The third-order valence-electron chi connectivity index (χ3n) is 4.60. The van der Waals surface area contributed by atoms with E-state index in [1.807, 2.05) is 43.3 Å². The summed E-state index contributed by atoms with van der Waals surface area (Å²) in [5.41, 5.74) is 2.78. The number of hydrogen-bond acceptors (Lipinski definition) is 5. The second kappa shape index (κ2) is 7.89. The summed E-state index contributed by atoms with van der Waals surface area (Å²) in [6.45, 7) is 5.19. The predicted octanol–water partition coefficient (Wildman–Crippen LogP) is 3.53. The monoisotopic (exact) mass is 341 g/mol. The molecular weight excluding hydrogens is 317 g/mol. The molecule has 1 aliphatic rings. The van der Waals surface area contributed by atoms with Crippen LogP contribution in [0.15, 0.2) is 36.4 Å². The van der Waals surface area contributed by atoms with Crippen LogP contribution in [0.2, 0.25) is 5.82 Å². The van der Waals surface area contributed by atoms with Gasteiger partial charge in [-0.25, -0.2) is 0 Å². The Morgan fingerprint density at radius 1 is 1.28 bits per heavy atom. The van der Waals surface area contributed by atoms with Gasteiger partial charge in [-0.2, -0.15) is 0 Å². The number of hydrogen-bond donors (Lipinski definition) is 1. The summed E-state index contributed by atoms with van der Waals surface area (Å²) in [6, 6.07) is 11.8. The van der Waals surface area contributed by atoms with Gasteiger partial charge in [-0.3, -0.25) is 4.98 Å². The zero-order valence-corrected chi connectivity index (χ0v) is 14.9. The average Bonchev–Trinajstić information content (AvgIpc) is 2.98. The van der Waals surface area contributed by atoms with E-state index in [9.17, 15) is 5.02 Å². The van der Waals surface area contributed by atoms with E-state index in [2.05, 4.69) is 6.92 Å². The number of pyridine rings is 1. The number of methoxy groups -OCH3 is 1. The van der Waals surface area contributed by atoms with E-state index in [0.717, 1.165) is 29.1 Å². The molecule has 1 saturated heterocycles. The quantitative estimate of drug-likeness (QED) is 0.815. The standard InChI is InChI=1S/C19H24BNO4/c1-4-10-24-19-11-14(8-9-18(19)23-3)16-6-5-7-17(21-16)15-12-25-20(22)13(15)2/h5-9,11,13,15,22H,4,10,12H2,1-3H3/t13-,15?/m1/s1. The number of benzene rings is 1. The normalized spacial score (nSPS) is 19.9. The zero-order chi connectivity index (χ0) is 17.8. The van der Waals surface area contributed by atoms with Gasteiger partial charge in [-0.1, -0.05) is 19.9 Å². The summed E-state index contributed by atoms with van der Waals surface area (Å²) >= 11 is 0. The summed E-state index contributed by atoms with van der Waals surface area (Å²) < 4.78 is 16.5. The van der Waals surface area contributed by atoms with Crippen LogP contribution in [0.5, 0.6) is 11.5 Å². The third kappa shape index (κ3) is 3.80. The molecule has 1 fully saturated rings. The first-order chi connectivity index (χ1) is 12.1. The number of aromatic nitrogens is 1. The zero-order valence-electron chi connectivity index (χ0n) is 14.9. The molecular formula is C19H24BNO4. The van der Waals surface area contributed by atoms with Crippen molar-refractivity contribution in [1.82, 2.24) is 4.98 Å². The van der Waals surface area contributed by atoms with Gasteiger partial charge in [-0.15, -0.1) is 0 Å². The van der Waals surface area contributed by atoms with Crippen LogP contribution < -0.4 is 9.47 Å². The van der Waals surface area contributed by atoms with E-state index in [1.54, 1.807) is 7.11 Å². The fraction of sp³-hybridized carbons (Fsp3) is 0.421. The van der Waals surface area contributed by atoms with Crippen molar-refractivity contribution in [3.63, 3.8) is 0 Å². The summed E-state index contributed by atoms with van der Waals surface area (Å²) in [6.07, 6.45) is 0.934. The number of ether oxygens (including phenoxy) is 2. The fourth-order valence-corrected chi connectivity index (χ4v) is 3.04. The summed E-state index contributed by atoms with van der Waals surface area (Å²) in [4.78, 5) is 4.80. The molecule has 5 nitrogen and oxygen atoms in total. The minimum atomic E-state index is -0.717. The van der Waals surface area contributed by atoms with E-state index in [4.69, 9.17) is 19.1 Å². The van der Waals surface area contributed by atoms with Crippen molar-refractivity contribution < 1.29 is 19.2 Å². The molecule has 0 amide bonds. The first-order valence-corrected chi connectivity index (χ1v) is 8.72. The third-order valence-corrected chi connectivity index (χ3v) is 4.60. The van der Waals surface area contributed by atoms with Crippen LogP contribution >= 0.6 is 0 Å². The van der Waals surface area contributed by atoms with Gasteiger partial charge in [0.15, 0.2) is 11.5 Å². The largest absolute Gasteiger partial charge is 0.493 e. The minimum absolute atomic E-state index is 0.0297. The van der Waals surface area contributed by atoms with Crippen molar-refractivity contribution >= 4 is 7.12 Å². The smallest absolute Gasteiger partial charge is 0.457 e. The van der Waals surface area contributed by atoms with Crippen LogP contribution in [0.4, 0.5) is 0 Å². The van der Waals surface area contributed by atoms with E-state index < -0.39 is 7.12 Å². The molecule has 0 radical (unpaired) electrons. The van der Waals surface area contributed by atoms with Crippen LogP contribution in [0.3, 0.4) is 0 Å². The lowest BCUT2D eigenvalue weighted by molar-refractivity contribution is 0.291. The molecule has 2 atom stereocenters. The van der Waals surface area contributed by atoms with Crippen molar-refractivity contribution in [1.29, 1.82) is 0 Å². The minimum Gasteiger partial charge on any atom is -0.493 e. The molecule has 0 aliphatic carbocycles. The molecule has 1 aromatic heterocycles. The van der Waals surface area contributed by atoms with E-state index in [0.29, 0.717) is 19.0 Å². The Bertz CT molecular complexity index is 724. The number of nitrogens with zero attached hydrogens (tertiary/aromatic N) is 1. The molecule has 1 N–H and O–H groups in total. The Labute approximate surface area is 149 Å². The van der Waals surface area contributed by atoms with Crippen LogP contribution in [0.25, 0.3) is 11.3 Å². The van der Waals surface area contributed by atoms with Crippen molar-refractivity contribution in [2.24, 2.45) is 0 Å². The van der Waals surface area contributed by atoms with Gasteiger partial charge in [0.25, 0.3) is 0 Å². The lowest BCUT2D eigenvalue weighted by atomic mass is 9.69. The molecule has 0 saturated carbocycles. The van der Waals surface area contributed by atoms with Crippen molar-refractivity contribution in [3.05, 3.63) is 42.1 Å². The van der Waals surface area contributed by atoms with Gasteiger partial charge < -0.3 is 19.2 Å². The number of rotatable bonds is 6. The van der Waals surface area contributed by atoms with Crippen molar-refractivity contribution in [3.8, 4) is 22.8 Å². The summed E-state index contributed by atoms with van der Waals surface area (Å²) in [7, 11) is 0.921. The van der Waals surface area contributed by atoms with Gasteiger partial charge in [0.2, 0.25) is 0 Å². The Hall–Kier alpha value is -2.05. The van der Waals surface area contributed by atoms with Crippen LogP contribution in [-0.2, 0) is 4.65 Å². The van der Waals surface area contributed by atoms with Gasteiger partial charge in [0, 0.05) is 29.6 Å². The van der Waals surface area contributed by atoms with Gasteiger partial charge in [0.1, 0.15) is 0 Å². The van der Waals surface area contributed by atoms with Crippen LogP contribution in [0.1, 0.15) is 31.9 Å². The fourth-order valence-electron chi connectivity index (χ4n) is 3.04. The Kier molecular flexibility index (Phi) is 5.61. The Balaban J connectivity index is 1.90. The lowest BCUT2D eigenvalue weighted by Crippen LogP contribution is -2.16. The van der Waals surface area contributed by atoms with Crippen LogP contribution in [-0.4, -0.2) is 37.4 Å². The Morgan fingerprint density at radius 3 is 2.80 bits per heavy atom. The maximum Gasteiger partial charge on any atom is 0.457 e. The maximum absolute atomic E-state index is 9.81. The van der Waals surface area contributed by atoms with E-state index in [-0.39, 0.29) is 11.7 Å². The molecule has 2 aromatic rings. The molecule has 1 unspecified atom stereocenters. The predicted molar refractivity (Wildman–Crippen MR) is 98.1 cm³/mol. The first-order valence-electron chi connectivity index (χ1n) is 8.72. The van der Waals surface area contributed by atoms with Gasteiger partial charge >= 0.3 is 7.12 Å². The van der Waals surface area contributed by atoms with Gasteiger partial charge in [-0.05, 0) is 36.8 Å². The van der Waals surface area contributed by atoms with Crippen molar-refractivity contribution in [2.45, 2.75) is 32.0 Å². The summed E-state index contributed by atoms with van der Waals surface area (Å²) in [5.74, 6) is 1.57. The lowest BCUT2D eigenvalue weighted by Gasteiger charge is -2.15. The summed E-state index contributed by atoms with van der Waals surface area (Å²) in [5, 5.41) is 9.81. The molecule has 2 heterocycles.